The molecule has 3 aromatic carbocycles. The number of nitrogens with one attached hydrogen (secondary N) is 1. The van der Waals surface area contributed by atoms with Crippen LogP contribution in [0.3, 0.4) is 0 Å². The highest BCUT2D eigenvalue weighted by Gasteiger charge is 2.19. The minimum Gasteiger partial charge on any atom is -0.495 e. The third-order valence-electron chi connectivity index (χ3n) is 5.40. The molecule has 0 aliphatic carbocycles. The van der Waals surface area contributed by atoms with Crippen LogP contribution >= 0.6 is 0 Å². The summed E-state index contributed by atoms with van der Waals surface area (Å²) in [5.74, 6) is 2.64. The predicted octanol–water partition coefficient (Wildman–Crippen LogP) is 4.72. The van der Waals surface area contributed by atoms with Crippen molar-refractivity contribution in [3.8, 4) is 17.2 Å². The average Bonchev–Trinajstić information content (AvgIpc) is 2.81. The van der Waals surface area contributed by atoms with E-state index in [1.54, 1.807) is 7.11 Å². The summed E-state index contributed by atoms with van der Waals surface area (Å²) >= 11 is 0. The van der Waals surface area contributed by atoms with Gasteiger partial charge in [0.05, 0.1) is 18.5 Å². The monoisotopic (exact) mass is 403 g/mol. The molecule has 1 N–H and O–H groups in total. The Balaban J connectivity index is 1.27. The Hall–Kier alpha value is -3.18. The van der Waals surface area contributed by atoms with Crippen LogP contribution in [0.25, 0.3) is 0 Å². The Labute approximate surface area is 178 Å². The summed E-state index contributed by atoms with van der Waals surface area (Å²) in [4.78, 5) is 4.91. The first kappa shape index (κ1) is 20.1. The average molecular weight is 404 g/mol. The van der Waals surface area contributed by atoms with Crippen LogP contribution in [-0.2, 0) is 0 Å². The van der Waals surface area contributed by atoms with Crippen LogP contribution in [0, 0.1) is 0 Å². The largest absolute Gasteiger partial charge is 0.495 e. The normalized spacial score (nSPS) is 14.4. The van der Waals surface area contributed by atoms with Crippen molar-refractivity contribution in [2.45, 2.75) is 0 Å². The third kappa shape index (κ3) is 5.05. The second kappa shape index (κ2) is 10.0. The Morgan fingerprint density at radius 2 is 1.43 bits per heavy atom. The molecule has 0 spiro atoms. The number of rotatable bonds is 8. The highest BCUT2D eigenvalue weighted by Crippen LogP contribution is 2.30. The SMILES string of the molecule is COc1ccccc1N1CCN(CCNc2ccccc2Oc2ccccc2)CC1. The molecule has 1 aliphatic rings. The molecule has 156 valence electrons. The maximum absolute atomic E-state index is 6.04. The Bertz CT molecular complexity index is 924. The van der Waals surface area contributed by atoms with E-state index < -0.39 is 0 Å². The van der Waals surface area contributed by atoms with Crippen molar-refractivity contribution in [3.05, 3.63) is 78.9 Å². The number of para-hydroxylation sites is 5. The van der Waals surface area contributed by atoms with E-state index in [-0.39, 0.29) is 0 Å². The fraction of sp³-hybridized carbons (Fsp3) is 0.280. The molecule has 1 heterocycles. The van der Waals surface area contributed by atoms with Gasteiger partial charge in [0.15, 0.2) is 5.75 Å². The number of hydrogen-bond acceptors (Lipinski definition) is 5. The minimum absolute atomic E-state index is 0.846. The molecule has 1 aliphatic heterocycles. The molecular formula is C25H29N3O2. The van der Waals surface area contributed by atoms with Crippen molar-refractivity contribution < 1.29 is 9.47 Å². The molecule has 1 fully saturated rings. The van der Waals surface area contributed by atoms with Gasteiger partial charge in [0, 0.05) is 39.3 Å². The fourth-order valence-corrected chi connectivity index (χ4v) is 3.77. The van der Waals surface area contributed by atoms with Gasteiger partial charge in [0.2, 0.25) is 0 Å². The van der Waals surface area contributed by atoms with E-state index in [0.717, 1.165) is 62.2 Å². The molecule has 5 heteroatoms. The smallest absolute Gasteiger partial charge is 0.150 e. The van der Waals surface area contributed by atoms with Crippen molar-refractivity contribution in [2.24, 2.45) is 0 Å². The number of ether oxygens (including phenoxy) is 2. The molecule has 30 heavy (non-hydrogen) atoms. The lowest BCUT2D eigenvalue weighted by atomic mass is 10.2. The lowest BCUT2D eigenvalue weighted by Gasteiger charge is -2.36. The quantitative estimate of drug-likeness (QED) is 0.589. The van der Waals surface area contributed by atoms with Crippen molar-refractivity contribution in [2.75, 3.05) is 56.6 Å². The molecule has 3 aromatic rings. The summed E-state index contributed by atoms with van der Waals surface area (Å²) in [6.45, 7) is 5.98. The molecule has 0 unspecified atom stereocenters. The number of hydrogen-bond donors (Lipinski definition) is 1. The first-order chi connectivity index (χ1) is 14.8. The zero-order valence-corrected chi connectivity index (χ0v) is 17.5. The van der Waals surface area contributed by atoms with Gasteiger partial charge in [-0.25, -0.2) is 0 Å². The molecule has 5 nitrogen and oxygen atoms in total. The molecule has 0 amide bonds. The highest BCUT2D eigenvalue weighted by molar-refractivity contribution is 5.59. The molecule has 0 saturated carbocycles. The van der Waals surface area contributed by atoms with E-state index in [0.29, 0.717) is 0 Å². The Kier molecular flexibility index (Phi) is 6.72. The van der Waals surface area contributed by atoms with Crippen LogP contribution in [0.1, 0.15) is 0 Å². The van der Waals surface area contributed by atoms with Gasteiger partial charge < -0.3 is 19.7 Å². The van der Waals surface area contributed by atoms with Gasteiger partial charge in [-0.05, 0) is 36.4 Å². The van der Waals surface area contributed by atoms with Crippen molar-refractivity contribution >= 4 is 11.4 Å². The van der Waals surface area contributed by atoms with Crippen LogP contribution in [0.4, 0.5) is 11.4 Å². The second-order valence-corrected chi connectivity index (χ2v) is 7.34. The molecular weight excluding hydrogens is 374 g/mol. The van der Waals surface area contributed by atoms with Crippen LogP contribution in [0.2, 0.25) is 0 Å². The minimum atomic E-state index is 0.846. The van der Waals surface area contributed by atoms with E-state index in [4.69, 9.17) is 9.47 Å². The second-order valence-electron chi connectivity index (χ2n) is 7.34. The molecule has 0 bridgehead atoms. The van der Waals surface area contributed by atoms with Gasteiger partial charge in [-0.3, -0.25) is 4.90 Å². The number of nitrogens with zero attached hydrogens (tertiary/aromatic N) is 2. The Morgan fingerprint density at radius 3 is 2.20 bits per heavy atom. The van der Waals surface area contributed by atoms with Crippen molar-refractivity contribution in [1.29, 1.82) is 0 Å². The lowest BCUT2D eigenvalue weighted by Crippen LogP contribution is -2.47. The first-order valence-corrected chi connectivity index (χ1v) is 10.5. The molecule has 1 saturated heterocycles. The summed E-state index contributed by atoms with van der Waals surface area (Å²) in [5, 5.41) is 3.54. The van der Waals surface area contributed by atoms with Gasteiger partial charge in [0.1, 0.15) is 11.5 Å². The van der Waals surface area contributed by atoms with E-state index in [9.17, 15) is 0 Å². The van der Waals surface area contributed by atoms with E-state index in [2.05, 4.69) is 33.3 Å². The molecule has 0 atom stereocenters. The predicted molar refractivity (Wildman–Crippen MR) is 123 cm³/mol. The Morgan fingerprint density at radius 1 is 0.767 bits per heavy atom. The lowest BCUT2D eigenvalue weighted by molar-refractivity contribution is 0.266. The van der Waals surface area contributed by atoms with Gasteiger partial charge in [-0.2, -0.15) is 0 Å². The van der Waals surface area contributed by atoms with Gasteiger partial charge >= 0.3 is 0 Å². The van der Waals surface area contributed by atoms with Crippen LogP contribution in [0.5, 0.6) is 17.2 Å². The number of anilines is 2. The summed E-state index contributed by atoms with van der Waals surface area (Å²) in [7, 11) is 1.74. The summed E-state index contributed by atoms with van der Waals surface area (Å²) < 4.78 is 11.6. The fourth-order valence-electron chi connectivity index (χ4n) is 3.77. The third-order valence-corrected chi connectivity index (χ3v) is 5.40. The molecule has 4 rings (SSSR count). The van der Waals surface area contributed by atoms with Crippen molar-refractivity contribution in [1.82, 2.24) is 4.90 Å². The van der Waals surface area contributed by atoms with E-state index in [1.807, 2.05) is 60.7 Å². The zero-order valence-electron chi connectivity index (χ0n) is 17.5. The van der Waals surface area contributed by atoms with E-state index >= 15 is 0 Å². The standard InChI is InChI=1S/C25H29N3O2/c1-29-25-14-8-6-12-23(25)28-19-17-27(18-20-28)16-15-26-22-11-5-7-13-24(22)30-21-9-3-2-4-10-21/h2-14,26H,15-20H2,1H3. The van der Waals surface area contributed by atoms with Gasteiger partial charge in [-0.1, -0.05) is 42.5 Å². The summed E-state index contributed by atoms with van der Waals surface area (Å²) in [6.07, 6.45) is 0. The highest BCUT2D eigenvalue weighted by atomic mass is 16.5. The van der Waals surface area contributed by atoms with Crippen LogP contribution in [0.15, 0.2) is 78.9 Å². The van der Waals surface area contributed by atoms with Crippen molar-refractivity contribution in [3.63, 3.8) is 0 Å². The van der Waals surface area contributed by atoms with Gasteiger partial charge in [0.25, 0.3) is 0 Å². The first-order valence-electron chi connectivity index (χ1n) is 10.5. The maximum Gasteiger partial charge on any atom is 0.150 e. The zero-order chi connectivity index (χ0) is 20.6. The summed E-state index contributed by atoms with van der Waals surface area (Å²) in [5.41, 5.74) is 2.21. The van der Waals surface area contributed by atoms with E-state index in [1.165, 1.54) is 5.69 Å². The topological polar surface area (TPSA) is 37.0 Å². The van der Waals surface area contributed by atoms with Crippen LogP contribution < -0.4 is 19.7 Å². The summed E-state index contributed by atoms with van der Waals surface area (Å²) in [6, 6.07) is 26.3. The van der Waals surface area contributed by atoms with Crippen LogP contribution in [-0.4, -0.2) is 51.3 Å². The van der Waals surface area contributed by atoms with Gasteiger partial charge in [-0.15, -0.1) is 0 Å². The molecule has 0 radical (unpaired) electrons. The number of piperazine rings is 1. The number of benzene rings is 3. The number of methoxy groups -OCH3 is 1. The molecule has 0 aromatic heterocycles. The maximum atomic E-state index is 6.04.